The van der Waals surface area contributed by atoms with Gasteiger partial charge >= 0.3 is 0 Å². The number of hydrogen-bond donors (Lipinski definition) is 3. The van der Waals surface area contributed by atoms with Crippen molar-refractivity contribution in [1.82, 2.24) is 5.32 Å². The maximum Gasteiger partial charge on any atom is 0.259 e. The van der Waals surface area contributed by atoms with E-state index in [1.54, 1.807) is 36.4 Å². The topological polar surface area (TPSA) is 96.5 Å². The van der Waals surface area contributed by atoms with Gasteiger partial charge in [0.1, 0.15) is 5.75 Å². The Kier molecular flexibility index (Phi) is 7.44. The molecule has 0 aromatic heterocycles. The number of hydrogen-bond acceptors (Lipinski definition) is 4. The zero-order valence-corrected chi connectivity index (χ0v) is 22.7. The number of methoxy groups -OCH3 is 1. The number of fused-ring (bicyclic) bond motifs is 1. The number of aryl methyl sites for hydroxylation is 1. The van der Waals surface area contributed by atoms with Crippen LogP contribution < -0.4 is 20.7 Å². The van der Waals surface area contributed by atoms with Crippen LogP contribution in [0.1, 0.15) is 57.5 Å². The molecule has 1 atom stereocenters. The van der Waals surface area contributed by atoms with E-state index in [-0.39, 0.29) is 33.4 Å². The lowest BCUT2D eigenvalue weighted by molar-refractivity contribution is -0.126. The number of carbonyl (C=O) groups is 3. The molecule has 1 fully saturated rings. The highest BCUT2D eigenvalue weighted by Gasteiger charge is 2.51. The molecule has 0 aliphatic heterocycles. The summed E-state index contributed by atoms with van der Waals surface area (Å²) in [7, 11) is 1.48. The van der Waals surface area contributed by atoms with E-state index in [2.05, 4.69) is 22.0 Å². The Morgan fingerprint density at radius 3 is 2.36 bits per heavy atom. The van der Waals surface area contributed by atoms with Gasteiger partial charge in [-0.3, -0.25) is 14.4 Å². The van der Waals surface area contributed by atoms with Crippen LogP contribution in [0.25, 0.3) is 0 Å². The van der Waals surface area contributed by atoms with Crippen LogP contribution in [0, 0.1) is 12.3 Å². The van der Waals surface area contributed by atoms with Crippen LogP contribution in [0.2, 0.25) is 5.02 Å². The predicted molar refractivity (Wildman–Crippen MR) is 152 cm³/mol. The lowest BCUT2D eigenvalue weighted by Crippen LogP contribution is -2.34. The van der Waals surface area contributed by atoms with Crippen molar-refractivity contribution in [2.24, 2.45) is 5.41 Å². The van der Waals surface area contributed by atoms with Gasteiger partial charge in [0, 0.05) is 17.9 Å². The Balaban J connectivity index is 1.27. The Hall–Kier alpha value is -4.10. The Bertz CT molecular complexity index is 1480. The third kappa shape index (κ3) is 5.68. The van der Waals surface area contributed by atoms with E-state index in [1.807, 2.05) is 31.2 Å². The molecule has 200 valence electrons. The molecule has 1 unspecified atom stereocenters. The van der Waals surface area contributed by atoms with Gasteiger partial charge in [0.25, 0.3) is 11.8 Å². The minimum Gasteiger partial charge on any atom is -0.496 e. The number of carbonyl (C=O) groups excluding carboxylic acids is 3. The number of nitrogens with one attached hydrogen (secondary N) is 3. The monoisotopic (exact) mass is 543 g/mol. The second kappa shape index (κ2) is 10.9. The van der Waals surface area contributed by atoms with Crippen molar-refractivity contribution in [3.63, 3.8) is 0 Å². The Morgan fingerprint density at radius 1 is 0.897 bits per heavy atom. The first kappa shape index (κ1) is 26.5. The van der Waals surface area contributed by atoms with Gasteiger partial charge < -0.3 is 20.7 Å². The van der Waals surface area contributed by atoms with E-state index in [4.69, 9.17) is 16.3 Å². The number of anilines is 2. The van der Waals surface area contributed by atoms with Crippen LogP contribution >= 0.6 is 11.6 Å². The first-order valence-electron chi connectivity index (χ1n) is 13.0. The molecule has 3 N–H and O–H groups in total. The second-order valence-corrected chi connectivity index (χ2v) is 10.4. The molecule has 0 radical (unpaired) electrons. The highest BCUT2D eigenvalue weighted by molar-refractivity contribution is 6.34. The molecular formula is C31H30ClN3O4. The van der Waals surface area contributed by atoms with Crippen LogP contribution in [0.5, 0.6) is 5.75 Å². The normalized spacial score (nSPS) is 17.4. The Labute approximate surface area is 232 Å². The molecule has 0 saturated heterocycles. The zero-order valence-electron chi connectivity index (χ0n) is 21.9. The SMILES string of the molecule is COc1ccc(NC(=O)c2cc(CNC(=O)C34C=C3CCCC4)ccc2Cl)cc1C(=O)Nc1ccc(C)cc1. The molecule has 3 aromatic rings. The molecule has 3 aromatic carbocycles. The summed E-state index contributed by atoms with van der Waals surface area (Å²) in [6.45, 7) is 2.26. The molecule has 2 aliphatic rings. The quantitative estimate of drug-likeness (QED) is 0.291. The lowest BCUT2D eigenvalue weighted by Gasteiger charge is -2.22. The molecule has 3 amide bonds. The van der Waals surface area contributed by atoms with E-state index in [1.165, 1.54) is 12.7 Å². The van der Waals surface area contributed by atoms with Gasteiger partial charge in [-0.1, -0.05) is 53.4 Å². The molecule has 0 spiro atoms. The summed E-state index contributed by atoms with van der Waals surface area (Å²) in [6.07, 6.45) is 6.15. The van der Waals surface area contributed by atoms with Crippen molar-refractivity contribution >= 4 is 40.7 Å². The molecule has 0 bridgehead atoms. The van der Waals surface area contributed by atoms with E-state index in [0.717, 1.165) is 36.8 Å². The van der Waals surface area contributed by atoms with Gasteiger partial charge in [-0.2, -0.15) is 0 Å². The largest absolute Gasteiger partial charge is 0.496 e. The summed E-state index contributed by atoms with van der Waals surface area (Å²) in [6, 6.07) is 17.4. The van der Waals surface area contributed by atoms with Crippen molar-refractivity contribution in [3.8, 4) is 5.75 Å². The van der Waals surface area contributed by atoms with Crippen molar-refractivity contribution in [2.45, 2.75) is 39.2 Å². The average Bonchev–Trinajstić information content (AvgIpc) is 3.70. The van der Waals surface area contributed by atoms with Gasteiger partial charge in [0.05, 0.1) is 28.7 Å². The summed E-state index contributed by atoms with van der Waals surface area (Å²) >= 11 is 6.36. The maximum absolute atomic E-state index is 13.2. The summed E-state index contributed by atoms with van der Waals surface area (Å²) in [5.41, 5.74) is 4.30. The number of amides is 3. The molecule has 2 aliphatic carbocycles. The fourth-order valence-electron chi connectivity index (χ4n) is 5.03. The van der Waals surface area contributed by atoms with Gasteiger partial charge in [0.15, 0.2) is 0 Å². The standard InChI is InChI=1S/C31H30ClN3O4/c1-19-6-9-22(10-7-19)34-29(37)25-16-23(11-13-27(25)39-2)35-28(36)24-15-20(8-12-26(24)32)18-33-30(38)31-14-4-3-5-21(31)17-31/h6-13,15-17H,3-5,14,18H2,1-2H3,(H,33,38)(H,34,37)(H,35,36). The first-order valence-corrected chi connectivity index (χ1v) is 13.3. The zero-order chi connectivity index (χ0) is 27.6. The van der Waals surface area contributed by atoms with Crippen LogP contribution in [-0.4, -0.2) is 24.8 Å². The smallest absolute Gasteiger partial charge is 0.259 e. The molecular weight excluding hydrogens is 514 g/mol. The van der Waals surface area contributed by atoms with Crippen molar-refractivity contribution < 1.29 is 19.1 Å². The summed E-state index contributed by atoms with van der Waals surface area (Å²) in [4.78, 5) is 39.0. The molecule has 5 rings (SSSR count). The van der Waals surface area contributed by atoms with Crippen LogP contribution in [0.15, 0.2) is 72.3 Å². The lowest BCUT2D eigenvalue weighted by atomic mass is 9.85. The third-order valence-electron chi connectivity index (χ3n) is 7.32. The number of rotatable bonds is 8. The van der Waals surface area contributed by atoms with Crippen molar-refractivity contribution in [2.75, 3.05) is 17.7 Å². The number of benzene rings is 3. The second-order valence-electron chi connectivity index (χ2n) is 10.0. The number of halogens is 1. The van der Waals surface area contributed by atoms with Gasteiger partial charge in [-0.25, -0.2) is 0 Å². The van der Waals surface area contributed by atoms with Crippen molar-refractivity contribution in [3.05, 3.63) is 99.6 Å². The minimum absolute atomic E-state index is 0.0211. The number of ether oxygens (including phenoxy) is 1. The summed E-state index contributed by atoms with van der Waals surface area (Å²) in [5.74, 6) is -0.402. The third-order valence-corrected chi connectivity index (χ3v) is 7.65. The Morgan fingerprint density at radius 2 is 1.62 bits per heavy atom. The van der Waals surface area contributed by atoms with E-state index in [0.29, 0.717) is 23.7 Å². The average molecular weight is 544 g/mol. The predicted octanol–water partition coefficient (Wildman–Crippen LogP) is 6.28. The molecule has 39 heavy (non-hydrogen) atoms. The molecule has 0 heterocycles. The first-order chi connectivity index (χ1) is 18.8. The highest BCUT2D eigenvalue weighted by Crippen LogP contribution is 2.54. The molecule has 1 saturated carbocycles. The fraction of sp³-hybridized carbons (Fsp3) is 0.258. The minimum atomic E-state index is -0.430. The van der Waals surface area contributed by atoms with Gasteiger partial charge in [-0.05, 0) is 74.2 Å². The van der Waals surface area contributed by atoms with E-state index >= 15 is 0 Å². The summed E-state index contributed by atoms with van der Waals surface area (Å²) in [5, 5.41) is 8.97. The fourth-order valence-corrected chi connectivity index (χ4v) is 5.23. The van der Waals surface area contributed by atoms with Crippen LogP contribution in [0.3, 0.4) is 0 Å². The van der Waals surface area contributed by atoms with Crippen LogP contribution in [-0.2, 0) is 11.3 Å². The van der Waals surface area contributed by atoms with Gasteiger partial charge in [-0.15, -0.1) is 0 Å². The van der Waals surface area contributed by atoms with E-state index < -0.39 is 5.91 Å². The highest BCUT2D eigenvalue weighted by atomic mass is 35.5. The van der Waals surface area contributed by atoms with Gasteiger partial charge in [0.2, 0.25) is 5.91 Å². The van der Waals surface area contributed by atoms with Crippen molar-refractivity contribution in [1.29, 1.82) is 0 Å². The van der Waals surface area contributed by atoms with E-state index in [9.17, 15) is 14.4 Å². The molecule has 7 nitrogen and oxygen atoms in total. The van der Waals surface area contributed by atoms with Crippen LogP contribution in [0.4, 0.5) is 11.4 Å². The molecule has 8 heteroatoms. The maximum atomic E-state index is 13.2. The summed E-state index contributed by atoms with van der Waals surface area (Å²) < 4.78 is 5.37.